The second-order valence-electron chi connectivity index (χ2n) is 10.2. The third-order valence-electron chi connectivity index (χ3n) is 8.02. The van der Waals surface area contributed by atoms with Crippen LogP contribution in [-0.2, 0) is 0 Å². The smallest absolute Gasteiger partial charge is 0.118 e. The predicted molar refractivity (Wildman–Crippen MR) is 159 cm³/mol. The van der Waals surface area contributed by atoms with Crippen molar-refractivity contribution in [3.8, 4) is 56.0 Å². The lowest BCUT2D eigenvalue weighted by molar-refractivity contribution is 0.415. The molecule has 1 aliphatic rings. The zero-order valence-electron chi connectivity index (χ0n) is 22.1. The Bertz CT molecular complexity index is 1880. The van der Waals surface area contributed by atoms with Crippen molar-refractivity contribution < 1.29 is 9.47 Å². The van der Waals surface area contributed by atoms with Crippen molar-refractivity contribution in [2.24, 2.45) is 0 Å². The molecule has 0 fully saturated rings. The Kier molecular flexibility index (Phi) is 5.06. The van der Waals surface area contributed by atoms with E-state index in [0.717, 1.165) is 11.5 Å². The molecule has 0 unspecified atom stereocenters. The lowest BCUT2D eigenvalue weighted by Gasteiger charge is -2.21. The Morgan fingerprint density at radius 3 is 1.66 bits per heavy atom. The third kappa shape index (κ3) is 3.20. The van der Waals surface area contributed by atoms with Crippen LogP contribution >= 0.6 is 0 Å². The van der Waals surface area contributed by atoms with Crippen molar-refractivity contribution >= 4 is 21.5 Å². The molecule has 6 aromatic carbocycles. The van der Waals surface area contributed by atoms with E-state index in [1.165, 1.54) is 77.2 Å². The molecule has 0 heterocycles. The molecule has 0 saturated heterocycles. The van der Waals surface area contributed by atoms with Crippen molar-refractivity contribution in [2.75, 3.05) is 14.2 Å². The maximum Gasteiger partial charge on any atom is 0.118 e. The van der Waals surface area contributed by atoms with Crippen molar-refractivity contribution in [2.45, 2.75) is 13.8 Å². The van der Waals surface area contributed by atoms with Crippen LogP contribution in [0.4, 0.5) is 0 Å². The van der Waals surface area contributed by atoms with E-state index in [-0.39, 0.29) is 0 Å². The average Bonchev–Trinajstić information content (AvgIpc) is 3.28. The fourth-order valence-electron chi connectivity index (χ4n) is 6.23. The van der Waals surface area contributed by atoms with Crippen LogP contribution < -0.4 is 9.47 Å². The van der Waals surface area contributed by atoms with Gasteiger partial charge in [0, 0.05) is 0 Å². The van der Waals surface area contributed by atoms with Gasteiger partial charge in [-0.05, 0) is 110 Å². The maximum atomic E-state index is 5.50. The van der Waals surface area contributed by atoms with Gasteiger partial charge in [0.1, 0.15) is 11.5 Å². The van der Waals surface area contributed by atoms with E-state index in [0.29, 0.717) is 0 Å². The number of ether oxygens (including phenoxy) is 2. The Morgan fingerprint density at radius 2 is 1.05 bits per heavy atom. The van der Waals surface area contributed by atoms with Gasteiger partial charge in [-0.1, -0.05) is 78.4 Å². The molecule has 0 aliphatic heterocycles. The number of benzene rings is 6. The standard InChI is InChI=1S/C36H28O2/c1-21-8-18-28-31(20-21)33(24-12-16-26(38-4)17-13-24)36-30-19-9-22(2)27-6-5-7-29(34(27)30)35(36)32(28)23-10-14-25(37-3)15-11-23/h5-20H,1-4H3. The predicted octanol–water partition coefficient (Wildman–Crippen LogP) is 9.61. The molecule has 184 valence electrons. The Morgan fingerprint density at radius 1 is 0.474 bits per heavy atom. The minimum Gasteiger partial charge on any atom is -0.497 e. The van der Waals surface area contributed by atoms with Crippen LogP contribution in [0.15, 0.2) is 97.1 Å². The summed E-state index contributed by atoms with van der Waals surface area (Å²) in [7, 11) is 3.43. The monoisotopic (exact) mass is 492 g/mol. The van der Waals surface area contributed by atoms with Gasteiger partial charge in [0.05, 0.1) is 14.2 Å². The topological polar surface area (TPSA) is 18.5 Å². The molecule has 7 rings (SSSR count). The van der Waals surface area contributed by atoms with Crippen LogP contribution in [0.25, 0.3) is 66.1 Å². The Labute approximate surface area is 223 Å². The molecular formula is C36H28O2. The molecule has 6 aromatic rings. The number of methoxy groups -OCH3 is 2. The molecule has 0 spiro atoms. The molecule has 0 radical (unpaired) electrons. The van der Waals surface area contributed by atoms with Gasteiger partial charge in [-0.25, -0.2) is 0 Å². The van der Waals surface area contributed by atoms with Crippen molar-refractivity contribution in [1.29, 1.82) is 0 Å². The average molecular weight is 493 g/mol. The summed E-state index contributed by atoms with van der Waals surface area (Å²) >= 11 is 0. The minimum atomic E-state index is 0.862. The molecular weight excluding hydrogens is 464 g/mol. The van der Waals surface area contributed by atoms with E-state index < -0.39 is 0 Å². The molecule has 38 heavy (non-hydrogen) atoms. The van der Waals surface area contributed by atoms with E-state index in [1.54, 1.807) is 14.2 Å². The molecule has 0 N–H and O–H groups in total. The van der Waals surface area contributed by atoms with E-state index in [1.807, 2.05) is 0 Å². The fraction of sp³-hybridized carbons (Fsp3) is 0.111. The molecule has 0 saturated carbocycles. The highest BCUT2D eigenvalue weighted by Gasteiger charge is 2.30. The first-order valence-electron chi connectivity index (χ1n) is 13.0. The van der Waals surface area contributed by atoms with Gasteiger partial charge < -0.3 is 9.47 Å². The summed E-state index contributed by atoms with van der Waals surface area (Å²) in [5.41, 5.74) is 12.7. The first kappa shape index (κ1) is 22.6. The van der Waals surface area contributed by atoms with Crippen molar-refractivity contribution in [3.63, 3.8) is 0 Å². The van der Waals surface area contributed by atoms with Crippen LogP contribution in [0.1, 0.15) is 11.1 Å². The SMILES string of the molecule is COc1ccc(-c2c3c(c(-c4ccc(OC)cc4)c4cc(C)ccc24)-c2ccc(C)c4cccc-3c24)cc1. The number of hydrogen-bond donors (Lipinski definition) is 0. The summed E-state index contributed by atoms with van der Waals surface area (Å²) in [6.07, 6.45) is 0. The second-order valence-corrected chi connectivity index (χ2v) is 10.2. The van der Waals surface area contributed by atoms with Crippen LogP contribution in [0.3, 0.4) is 0 Å². The second kappa shape index (κ2) is 8.49. The largest absolute Gasteiger partial charge is 0.497 e. The molecule has 2 heteroatoms. The summed E-state index contributed by atoms with van der Waals surface area (Å²) in [6, 6.07) is 35.2. The fourth-order valence-corrected chi connectivity index (χ4v) is 6.23. The molecule has 2 nitrogen and oxygen atoms in total. The van der Waals surface area contributed by atoms with E-state index in [2.05, 4.69) is 111 Å². The molecule has 0 aromatic heterocycles. The van der Waals surface area contributed by atoms with E-state index in [4.69, 9.17) is 9.47 Å². The Balaban J connectivity index is 1.70. The normalized spacial score (nSPS) is 11.7. The Hall–Kier alpha value is -4.56. The number of rotatable bonds is 4. The van der Waals surface area contributed by atoms with Gasteiger partial charge in [0.25, 0.3) is 0 Å². The molecule has 0 atom stereocenters. The van der Waals surface area contributed by atoms with Crippen LogP contribution in [-0.4, -0.2) is 14.2 Å². The van der Waals surface area contributed by atoms with E-state index in [9.17, 15) is 0 Å². The van der Waals surface area contributed by atoms with Gasteiger partial charge >= 0.3 is 0 Å². The van der Waals surface area contributed by atoms with Gasteiger partial charge in [0.15, 0.2) is 0 Å². The summed E-state index contributed by atoms with van der Waals surface area (Å²) in [5.74, 6) is 1.73. The third-order valence-corrected chi connectivity index (χ3v) is 8.02. The zero-order chi connectivity index (χ0) is 26.0. The maximum absolute atomic E-state index is 5.50. The van der Waals surface area contributed by atoms with Crippen molar-refractivity contribution in [3.05, 3.63) is 108 Å². The first-order chi connectivity index (χ1) is 18.6. The summed E-state index contributed by atoms with van der Waals surface area (Å²) in [6.45, 7) is 4.39. The lowest BCUT2D eigenvalue weighted by atomic mass is 9.82. The molecule has 0 amide bonds. The van der Waals surface area contributed by atoms with Gasteiger partial charge in [-0.2, -0.15) is 0 Å². The summed E-state index contributed by atoms with van der Waals surface area (Å²) in [4.78, 5) is 0. The highest BCUT2D eigenvalue weighted by atomic mass is 16.5. The number of fused-ring (bicyclic) bond motifs is 4. The van der Waals surface area contributed by atoms with Gasteiger partial charge in [-0.3, -0.25) is 0 Å². The quantitative estimate of drug-likeness (QED) is 0.243. The first-order valence-corrected chi connectivity index (χ1v) is 13.0. The number of aryl methyl sites for hydroxylation is 2. The highest BCUT2D eigenvalue weighted by molar-refractivity contribution is 6.27. The molecule has 0 bridgehead atoms. The highest BCUT2D eigenvalue weighted by Crippen LogP contribution is 2.58. The van der Waals surface area contributed by atoms with Gasteiger partial charge in [0.2, 0.25) is 0 Å². The lowest BCUT2D eigenvalue weighted by Crippen LogP contribution is -1.94. The molecule has 1 aliphatic carbocycles. The van der Waals surface area contributed by atoms with Crippen LogP contribution in [0.2, 0.25) is 0 Å². The van der Waals surface area contributed by atoms with E-state index >= 15 is 0 Å². The van der Waals surface area contributed by atoms with Crippen molar-refractivity contribution in [1.82, 2.24) is 0 Å². The number of hydrogen-bond acceptors (Lipinski definition) is 2. The summed E-state index contributed by atoms with van der Waals surface area (Å²) in [5, 5.41) is 5.19. The zero-order valence-corrected chi connectivity index (χ0v) is 22.1. The van der Waals surface area contributed by atoms with Gasteiger partial charge in [-0.15, -0.1) is 0 Å². The summed E-state index contributed by atoms with van der Waals surface area (Å²) < 4.78 is 11.0. The minimum absolute atomic E-state index is 0.862. The van der Waals surface area contributed by atoms with Crippen LogP contribution in [0, 0.1) is 13.8 Å². The van der Waals surface area contributed by atoms with Crippen LogP contribution in [0.5, 0.6) is 11.5 Å².